The molecule has 0 fully saturated rings. The van der Waals surface area contributed by atoms with Crippen molar-refractivity contribution >= 4 is 24.7 Å². The molecule has 4 N–H and O–H groups in total. The van der Waals surface area contributed by atoms with Crippen molar-refractivity contribution in [2.45, 2.75) is 18.5 Å². The van der Waals surface area contributed by atoms with Gasteiger partial charge in [-0.05, 0) is 18.9 Å². The number of allylic oxidation sites excluding steroid dienone is 3. The van der Waals surface area contributed by atoms with Crippen molar-refractivity contribution in [3.63, 3.8) is 0 Å². The lowest BCUT2D eigenvalue weighted by Crippen LogP contribution is -2.50. The highest BCUT2D eigenvalue weighted by molar-refractivity contribution is 6.10. The third-order valence-corrected chi connectivity index (χ3v) is 3.45. The molecule has 104 valence electrons. The third kappa shape index (κ3) is 1.92. The minimum atomic E-state index is -1.40. The summed E-state index contributed by atoms with van der Waals surface area (Å²) in [6, 6.07) is 0. The number of carbonyl (C=O) groups is 1. The number of hydrogen-bond acceptors (Lipinski definition) is 4. The molecule has 5 nitrogen and oxygen atoms in total. The highest BCUT2D eigenvalue weighted by Gasteiger charge is 2.31. The Hall–Kier alpha value is -2.40. The normalized spacial score (nSPS) is 16.1. The molecule has 1 unspecified atom stereocenters. The zero-order valence-electron chi connectivity index (χ0n) is 11.1. The molecule has 1 aliphatic carbocycles. The van der Waals surface area contributed by atoms with Gasteiger partial charge in [0.15, 0.2) is 11.9 Å². The maximum absolute atomic E-state index is 11.4. The Balaban J connectivity index is 2.72. The van der Waals surface area contributed by atoms with Gasteiger partial charge in [0, 0.05) is 10.6 Å². The van der Waals surface area contributed by atoms with Crippen molar-refractivity contribution in [2.24, 2.45) is 5.73 Å². The Morgan fingerprint density at radius 3 is 2.80 bits per heavy atom. The number of aldehydes is 1. The largest absolute Gasteiger partial charge is 0.494 e. The van der Waals surface area contributed by atoms with Crippen LogP contribution in [0.5, 0.6) is 5.88 Å². The molecule has 1 aliphatic rings. The number of carbonyl (C=O) groups excluding carboxylic acids is 1. The summed E-state index contributed by atoms with van der Waals surface area (Å²) in [4.78, 5) is 11.4. The number of fused-ring (bicyclic) bond motifs is 1. The number of nitrogens with two attached hydrogens (primary N) is 1. The molecule has 0 aliphatic heterocycles. The summed E-state index contributed by atoms with van der Waals surface area (Å²) in [5, 5.41) is 19.3. The minimum absolute atomic E-state index is 0.167. The second-order valence-corrected chi connectivity index (χ2v) is 4.77. The van der Waals surface area contributed by atoms with Gasteiger partial charge in [0.05, 0.1) is 11.3 Å². The van der Waals surface area contributed by atoms with Crippen molar-refractivity contribution in [3.8, 4) is 5.88 Å². The van der Waals surface area contributed by atoms with Crippen LogP contribution < -0.4 is 16.3 Å². The van der Waals surface area contributed by atoms with E-state index in [2.05, 4.69) is 13.2 Å². The van der Waals surface area contributed by atoms with Crippen LogP contribution in [-0.2, 0) is 10.5 Å². The Morgan fingerprint density at radius 1 is 1.55 bits per heavy atom. The standard InChI is InChI=1S/C15H17N3O2/c1-3-4-8-15(17,9-19)18-10(2)11-6-5-7-12(16)13(11)14(18)20/h3,5-7,9,16,20H,1-2,4,8,17H2. The van der Waals surface area contributed by atoms with Gasteiger partial charge in [-0.25, -0.2) is 0 Å². The number of nitrogens with zero attached hydrogens (tertiary/aromatic N) is 1. The zero-order valence-corrected chi connectivity index (χ0v) is 11.1. The van der Waals surface area contributed by atoms with Gasteiger partial charge in [-0.3, -0.25) is 9.36 Å². The Morgan fingerprint density at radius 2 is 2.25 bits per heavy atom. The lowest BCUT2D eigenvalue weighted by molar-refractivity contribution is -0.115. The molecule has 2 rings (SSSR count). The van der Waals surface area contributed by atoms with E-state index >= 15 is 0 Å². The topological polar surface area (TPSA) is 92.1 Å². The Labute approximate surface area is 116 Å². The second-order valence-electron chi connectivity index (χ2n) is 4.77. The molecule has 20 heavy (non-hydrogen) atoms. The van der Waals surface area contributed by atoms with Gasteiger partial charge < -0.3 is 16.2 Å². The molecule has 0 aromatic carbocycles. The van der Waals surface area contributed by atoms with Crippen molar-refractivity contribution in [1.82, 2.24) is 4.57 Å². The van der Waals surface area contributed by atoms with E-state index in [-0.39, 0.29) is 11.6 Å². The van der Waals surface area contributed by atoms with Crippen LogP contribution in [0.15, 0.2) is 24.8 Å². The van der Waals surface area contributed by atoms with E-state index in [1.54, 1.807) is 24.3 Å². The predicted octanol–water partition coefficient (Wildman–Crippen LogP) is 0.0988. The number of rotatable bonds is 5. The average Bonchev–Trinajstić information content (AvgIpc) is 2.70. The molecule has 1 atom stereocenters. The van der Waals surface area contributed by atoms with Crippen molar-refractivity contribution in [3.05, 3.63) is 40.9 Å². The smallest absolute Gasteiger partial charge is 0.203 e. The first-order valence-corrected chi connectivity index (χ1v) is 6.23. The van der Waals surface area contributed by atoms with Crippen LogP contribution in [0.1, 0.15) is 18.4 Å². The van der Waals surface area contributed by atoms with Gasteiger partial charge in [-0.2, -0.15) is 0 Å². The second kappa shape index (κ2) is 4.94. The number of aromatic hydroxyl groups is 1. The number of aromatic nitrogens is 1. The van der Waals surface area contributed by atoms with E-state index in [0.29, 0.717) is 35.3 Å². The summed E-state index contributed by atoms with van der Waals surface area (Å²) >= 11 is 0. The zero-order chi connectivity index (χ0) is 14.9. The fraction of sp³-hybridized carbons (Fsp3) is 0.200. The first-order chi connectivity index (χ1) is 9.46. The van der Waals surface area contributed by atoms with Crippen molar-refractivity contribution < 1.29 is 9.90 Å². The summed E-state index contributed by atoms with van der Waals surface area (Å²) in [6.45, 7) is 7.49. The van der Waals surface area contributed by atoms with Gasteiger partial charge in [-0.15, -0.1) is 6.58 Å². The van der Waals surface area contributed by atoms with E-state index in [4.69, 9.17) is 11.1 Å². The van der Waals surface area contributed by atoms with Gasteiger partial charge in [0.2, 0.25) is 5.88 Å². The number of hydrogen-bond donors (Lipinski definition) is 3. The predicted molar refractivity (Wildman–Crippen MR) is 79.0 cm³/mol. The Bertz CT molecular complexity index is 727. The first-order valence-electron chi connectivity index (χ1n) is 6.23. The maximum Gasteiger partial charge on any atom is 0.203 e. The molecule has 0 saturated heterocycles. The molecule has 0 saturated carbocycles. The van der Waals surface area contributed by atoms with Crippen LogP contribution in [0.3, 0.4) is 0 Å². The van der Waals surface area contributed by atoms with Crippen LogP contribution in [0, 0.1) is 5.41 Å². The molecule has 0 amide bonds. The maximum atomic E-state index is 11.4. The fourth-order valence-corrected chi connectivity index (χ4v) is 2.40. The van der Waals surface area contributed by atoms with E-state index in [0.717, 1.165) is 0 Å². The monoisotopic (exact) mass is 271 g/mol. The summed E-state index contributed by atoms with van der Waals surface area (Å²) in [5.74, 6) is -0.200. The molecular weight excluding hydrogens is 254 g/mol. The number of nitrogens with one attached hydrogen (secondary N) is 1. The summed E-state index contributed by atoms with van der Waals surface area (Å²) in [7, 11) is 0. The fourth-order valence-electron chi connectivity index (χ4n) is 2.40. The molecule has 0 radical (unpaired) electrons. The van der Waals surface area contributed by atoms with Crippen molar-refractivity contribution in [1.29, 1.82) is 5.41 Å². The van der Waals surface area contributed by atoms with Gasteiger partial charge in [-0.1, -0.05) is 24.8 Å². The summed E-state index contributed by atoms with van der Waals surface area (Å²) in [6.07, 6.45) is 8.07. The van der Waals surface area contributed by atoms with Gasteiger partial charge in [0.25, 0.3) is 0 Å². The van der Waals surface area contributed by atoms with Crippen LogP contribution in [0.4, 0.5) is 0 Å². The lowest BCUT2D eigenvalue weighted by Gasteiger charge is -2.26. The molecule has 0 bridgehead atoms. The molecule has 1 aromatic rings. The Kier molecular flexibility index (Phi) is 3.46. The van der Waals surface area contributed by atoms with E-state index < -0.39 is 5.66 Å². The summed E-state index contributed by atoms with van der Waals surface area (Å²) in [5.41, 5.74) is 5.23. The van der Waals surface area contributed by atoms with Crippen LogP contribution in [0.25, 0.3) is 12.7 Å². The van der Waals surface area contributed by atoms with Gasteiger partial charge >= 0.3 is 0 Å². The average molecular weight is 271 g/mol. The lowest BCUT2D eigenvalue weighted by atomic mass is 10.1. The SMILES string of the molecule is C=CCCC(N)(C=O)n1c(O)c2c(c1=C)=CC=CC2=N. The van der Waals surface area contributed by atoms with Crippen LogP contribution in [0.2, 0.25) is 0 Å². The molecule has 1 heterocycles. The highest BCUT2D eigenvalue weighted by atomic mass is 16.3. The molecule has 5 heteroatoms. The van der Waals surface area contributed by atoms with E-state index in [9.17, 15) is 9.90 Å². The summed E-state index contributed by atoms with van der Waals surface area (Å²) < 4.78 is 1.30. The molecule has 1 aromatic heterocycles. The van der Waals surface area contributed by atoms with E-state index in [1.807, 2.05) is 0 Å². The van der Waals surface area contributed by atoms with E-state index in [1.165, 1.54) is 4.57 Å². The van der Waals surface area contributed by atoms with Crippen LogP contribution in [-0.4, -0.2) is 21.7 Å². The van der Waals surface area contributed by atoms with Crippen LogP contribution >= 0.6 is 0 Å². The molecule has 0 spiro atoms. The molecular formula is C15H17N3O2. The third-order valence-electron chi connectivity index (χ3n) is 3.45. The van der Waals surface area contributed by atoms with Crippen molar-refractivity contribution in [2.75, 3.05) is 0 Å². The van der Waals surface area contributed by atoms with Gasteiger partial charge in [0.1, 0.15) is 0 Å². The first kappa shape index (κ1) is 14.0. The highest BCUT2D eigenvalue weighted by Crippen LogP contribution is 2.22. The quantitative estimate of drug-likeness (QED) is 0.524. The minimum Gasteiger partial charge on any atom is -0.494 e.